The van der Waals surface area contributed by atoms with Crippen molar-refractivity contribution in [2.45, 2.75) is 51.2 Å². The summed E-state index contributed by atoms with van der Waals surface area (Å²) >= 11 is 0. The van der Waals surface area contributed by atoms with Crippen LogP contribution in [0.4, 0.5) is 5.69 Å². The highest BCUT2D eigenvalue weighted by atomic mass is 15.2. The van der Waals surface area contributed by atoms with Gasteiger partial charge in [0.15, 0.2) is 0 Å². The van der Waals surface area contributed by atoms with Crippen LogP contribution in [0.1, 0.15) is 38.3 Å². The summed E-state index contributed by atoms with van der Waals surface area (Å²) in [6, 6.07) is 5.81. The minimum absolute atomic E-state index is 0.615. The SMILES string of the molecule is CCC1CN(C)CCCN1c1ccnc(CNC2CC2)c1. The van der Waals surface area contributed by atoms with E-state index in [1.807, 2.05) is 6.20 Å². The van der Waals surface area contributed by atoms with Gasteiger partial charge >= 0.3 is 0 Å². The lowest BCUT2D eigenvalue weighted by Crippen LogP contribution is -2.39. The normalized spacial score (nSPS) is 24.1. The van der Waals surface area contributed by atoms with E-state index in [1.165, 1.54) is 43.6 Å². The van der Waals surface area contributed by atoms with Crippen molar-refractivity contribution in [1.82, 2.24) is 15.2 Å². The van der Waals surface area contributed by atoms with Gasteiger partial charge in [0.25, 0.3) is 0 Å². The standard InChI is InChI=1S/C17H28N4/c1-3-16-13-20(2)9-4-10-21(16)17-7-8-18-15(11-17)12-19-14-5-6-14/h7-8,11,14,16,19H,3-6,9-10,12-13H2,1-2H3. The molecule has 1 saturated heterocycles. The maximum atomic E-state index is 4.52. The third-order valence-electron chi connectivity index (χ3n) is 4.65. The van der Waals surface area contributed by atoms with Gasteiger partial charge in [-0.25, -0.2) is 0 Å². The van der Waals surface area contributed by atoms with Crippen LogP contribution < -0.4 is 10.2 Å². The third-order valence-corrected chi connectivity index (χ3v) is 4.65. The van der Waals surface area contributed by atoms with E-state index < -0.39 is 0 Å². The molecule has 0 amide bonds. The van der Waals surface area contributed by atoms with Crippen molar-refractivity contribution in [1.29, 1.82) is 0 Å². The highest BCUT2D eigenvalue weighted by Crippen LogP contribution is 2.23. The summed E-state index contributed by atoms with van der Waals surface area (Å²) in [6.45, 7) is 6.72. The van der Waals surface area contributed by atoms with Gasteiger partial charge in [-0.05, 0) is 51.4 Å². The van der Waals surface area contributed by atoms with Gasteiger partial charge in [-0.3, -0.25) is 4.98 Å². The summed E-state index contributed by atoms with van der Waals surface area (Å²) in [7, 11) is 2.24. The minimum Gasteiger partial charge on any atom is -0.367 e. The Morgan fingerprint density at radius 2 is 2.19 bits per heavy atom. The molecule has 1 aromatic heterocycles. The lowest BCUT2D eigenvalue weighted by molar-refractivity contribution is 0.328. The van der Waals surface area contributed by atoms with Crippen LogP contribution in [0.5, 0.6) is 0 Å². The van der Waals surface area contributed by atoms with Crippen molar-refractivity contribution in [2.75, 3.05) is 31.6 Å². The Kier molecular flexibility index (Phi) is 4.76. The van der Waals surface area contributed by atoms with Gasteiger partial charge in [0, 0.05) is 43.6 Å². The summed E-state index contributed by atoms with van der Waals surface area (Å²) < 4.78 is 0. The van der Waals surface area contributed by atoms with E-state index in [0.717, 1.165) is 25.7 Å². The van der Waals surface area contributed by atoms with Crippen LogP contribution in [0.2, 0.25) is 0 Å². The van der Waals surface area contributed by atoms with Gasteiger partial charge in [-0.15, -0.1) is 0 Å². The molecular formula is C17H28N4. The molecule has 0 bridgehead atoms. The maximum Gasteiger partial charge on any atom is 0.0562 e. The Bertz CT molecular complexity index is 458. The molecule has 4 nitrogen and oxygen atoms in total. The van der Waals surface area contributed by atoms with Crippen LogP contribution in [0.15, 0.2) is 18.3 Å². The summed E-state index contributed by atoms with van der Waals surface area (Å²) in [5, 5.41) is 3.56. The molecule has 2 heterocycles. The van der Waals surface area contributed by atoms with E-state index in [2.05, 4.69) is 46.2 Å². The second kappa shape index (κ2) is 6.75. The molecule has 2 aliphatic rings. The second-order valence-corrected chi connectivity index (χ2v) is 6.53. The molecule has 4 heteroatoms. The van der Waals surface area contributed by atoms with Crippen molar-refractivity contribution in [3.05, 3.63) is 24.0 Å². The minimum atomic E-state index is 0.615. The largest absolute Gasteiger partial charge is 0.367 e. The quantitative estimate of drug-likeness (QED) is 0.900. The van der Waals surface area contributed by atoms with Gasteiger partial charge in [0.05, 0.1) is 5.69 Å². The maximum absolute atomic E-state index is 4.52. The average molecular weight is 288 g/mol. The fourth-order valence-corrected chi connectivity index (χ4v) is 3.21. The number of nitrogens with one attached hydrogen (secondary N) is 1. The number of anilines is 1. The first kappa shape index (κ1) is 14.8. The molecule has 1 aliphatic heterocycles. The Morgan fingerprint density at radius 1 is 1.33 bits per heavy atom. The molecule has 1 aliphatic carbocycles. The molecular weight excluding hydrogens is 260 g/mol. The number of likely N-dealkylation sites (N-methyl/N-ethyl adjacent to an activating group) is 1. The number of hydrogen-bond donors (Lipinski definition) is 1. The number of nitrogens with zero attached hydrogens (tertiary/aromatic N) is 3. The Hall–Kier alpha value is -1.13. The van der Waals surface area contributed by atoms with Crippen LogP contribution >= 0.6 is 0 Å². The summed E-state index contributed by atoms with van der Waals surface area (Å²) in [4.78, 5) is 9.58. The first-order chi connectivity index (χ1) is 10.3. The van der Waals surface area contributed by atoms with Crippen molar-refractivity contribution in [2.24, 2.45) is 0 Å². The number of pyridine rings is 1. The van der Waals surface area contributed by atoms with E-state index in [-0.39, 0.29) is 0 Å². The van der Waals surface area contributed by atoms with Crippen molar-refractivity contribution >= 4 is 5.69 Å². The van der Waals surface area contributed by atoms with Crippen LogP contribution in [0.3, 0.4) is 0 Å². The zero-order chi connectivity index (χ0) is 14.7. The number of hydrogen-bond acceptors (Lipinski definition) is 4. The molecule has 0 aromatic carbocycles. The van der Waals surface area contributed by atoms with Crippen LogP contribution in [0, 0.1) is 0 Å². The van der Waals surface area contributed by atoms with E-state index in [9.17, 15) is 0 Å². The van der Waals surface area contributed by atoms with Crippen molar-refractivity contribution in [3.63, 3.8) is 0 Å². The molecule has 1 unspecified atom stereocenters. The zero-order valence-corrected chi connectivity index (χ0v) is 13.4. The number of aromatic nitrogens is 1. The number of rotatable bonds is 5. The molecule has 0 spiro atoms. The Balaban J connectivity index is 1.71. The molecule has 1 aromatic rings. The summed E-state index contributed by atoms with van der Waals surface area (Å²) in [6.07, 6.45) is 7.07. The van der Waals surface area contributed by atoms with Gasteiger partial charge < -0.3 is 15.1 Å². The van der Waals surface area contributed by atoms with Gasteiger partial charge in [-0.2, -0.15) is 0 Å². The monoisotopic (exact) mass is 288 g/mol. The van der Waals surface area contributed by atoms with Gasteiger partial charge in [0.2, 0.25) is 0 Å². The van der Waals surface area contributed by atoms with Crippen LogP contribution in [-0.2, 0) is 6.54 Å². The van der Waals surface area contributed by atoms with Gasteiger partial charge in [0.1, 0.15) is 0 Å². The molecule has 21 heavy (non-hydrogen) atoms. The van der Waals surface area contributed by atoms with E-state index in [0.29, 0.717) is 6.04 Å². The molecule has 1 N–H and O–H groups in total. The predicted octanol–water partition coefficient (Wildman–Crippen LogP) is 2.25. The molecule has 3 rings (SSSR count). The smallest absolute Gasteiger partial charge is 0.0562 e. The van der Waals surface area contributed by atoms with Crippen LogP contribution in [0.25, 0.3) is 0 Å². The summed E-state index contributed by atoms with van der Waals surface area (Å²) in [5.41, 5.74) is 2.52. The molecule has 0 radical (unpaired) electrons. The lowest BCUT2D eigenvalue weighted by atomic mass is 10.1. The van der Waals surface area contributed by atoms with E-state index in [1.54, 1.807) is 0 Å². The molecule has 116 valence electrons. The zero-order valence-electron chi connectivity index (χ0n) is 13.4. The Morgan fingerprint density at radius 3 is 2.95 bits per heavy atom. The summed E-state index contributed by atoms with van der Waals surface area (Å²) in [5.74, 6) is 0. The fraction of sp³-hybridized carbons (Fsp3) is 0.706. The predicted molar refractivity (Wildman–Crippen MR) is 87.6 cm³/mol. The molecule has 2 fully saturated rings. The first-order valence-corrected chi connectivity index (χ1v) is 8.39. The average Bonchev–Trinajstić information content (AvgIpc) is 3.32. The lowest BCUT2D eigenvalue weighted by Gasteiger charge is -2.32. The first-order valence-electron chi connectivity index (χ1n) is 8.39. The second-order valence-electron chi connectivity index (χ2n) is 6.53. The topological polar surface area (TPSA) is 31.4 Å². The van der Waals surface area contributed by atoms with Crippen molar-refractivity contribution in [3.8, 4) is 0 Å². The molecule has 1 saturated carbocycles. The van der Waals surface area contributed by atoms with Crippen LogP contribution in [-0.4, -0.2) is 48.6 Å². The highest BCUT2D eigenvalue weighted by molar-refractivity contribution is 5.48. The van der Waals surface area contributed by atoms with E-state index >= 15 is 0 Å². The molecule has 1 atom stereocenters. The Labute approximate surface area is 128 Å². The third kappa shape index (κ3) is 3.95. The van der Waals surface area contributed by atoms with E-state index in [4.69, 9.17) is 0 Å². The van der Waals surface area contributed by atoms with Crippen molar-refractivity contribution < 1.29 is 0 Å². The highest BCUT2D eigenvalue weighted by Gasteiger charge is 2.23. The van der Waals surface area contributed by atoms with Gasteiger partial charge in [-0.1, -0.05) is 6.92 Å². The fourth-order valence-electron chi connectivity index (χ4n) is 3.21.